The molecule has 2 nitrogen and oxygen atoms in total. The lowest BCUT2D eigenvalue weighted by atomic mass is 9.92. The molecule has 0 atom stereocenters. The molecule has 0 aromatic heterocycles. The largest absolute Gasteiger partial charge is 0.306 e. The molecule has 2 rings (SSSR count). The third-order valence-corrected chi connectivity index (χ3v) is 4.41. The summed E-state index contributed by atoms with van der Waals surface area (Å²) in [7, 11) is 4.61. The molecule has 2 heteroatoms. The molecule has 1 aliphatic carbocycles. The number of rotatable bonds is 2. The first-order valence-electron chi connectivity index (χ1n) is 6.68. The van der Waals surface area contributed by atoms with Gasteiger partial charge in [-0.3, -0.25) is 0 Å². The number of piperidine rings is 1. The molecule has 0 aromatic carbocycles. The lowest BCUT2D eigenvalue weighted by Gasteiger charge is -2.40. The molecule has 88 valence electrons. The van der Waals surface area contributed by atoms with Crippen LogP contribution in [0.15, 0.2) is 0 Å². The Morgan fingerprint density at radius 1 is 0.867 bits per heavy atom. The summed E-state index contributed by atoms with van der Waals surface area (Å²) in [6.45, 7) is 2.59. The van der Waals surface area contributed by atoms with E-state index in [-0.39, 0.29) is 0 Å². The van der Waals surface area contributed by atoms with Gasteiger partial charge < -0.3 is 9.80 Å². The predicted octanol–water partition coefficient (Wildman–Crippen LogP) is 2.35. The summed E-state index contributed by atoms with van der Waals surface area (Å²) in [6, 6.07) is 1.76. The molecule has 0 bridgehead atoms. The van der Waals surface area contributed by atoms with Crippen LogP contribution < -0.4 is 0 Å². The van der Waals surface area contributed by atoms with Gasteiger partial charge in [0.05, 0.1) is 0 Å². The highest BCUT2D eigenvalue weighted by Crippen LogP contribution is 2.25. The van der Waals surface area contributed by atoms with E-state index in [1.54, 1.807) is 0 Å². The first-order valence-corrected chi connectivity index (χ1v) is 6.68. The summed E-state index contributed by atoms with van der Waals surface area (Å²) in [5, 5.41) is 0. The van der Waals surface area contributed by atoms with Crippen LogP contribution in [0, 0.1) is 0 Å². The number of hydrogen-bond donors (Lipinski definition) is 0. The van der Waals surface area contributed by atoms with Gasteiger partial charge in [0.15, 0.2) is 0 Å². The van der Waals surface area contributed by atoms with E-state index in [2.05, 4.69) is 23.9 Å². The van der Waals surface area contributed by atoms with E-state index < -0.39 is 0 Å². The van der Waals surface area contributed by atoms with Crippen LogP contribution in [0.1, 0.15) is 44.9 Å². The Hall–Kier alpha value is -0.0800. The summed E-state index contributed by atoms with van der Waals surface area (Å²) in [5.74, 6) is 0. The van der Waals surface area contributed by atoms with E-state index in [4.69, 9.17) is 0 Å². The van der Waals surface area contributed by atoms with Crippen LogP contribution in [0.4, 0.5) is 0 Å². The average molecular weight is 210 g/mol. The minimum atomic E-state index is 0.865. The van der Waals surface area contributed by atoms with E-state index in [1.807, 2.05) is 0 Å². The minimum absolute atomic E-state index is 0.865. The predicted molar refractivity (Wildman–Crippen MR) is 65.2 cm³/mol. The summed E-state index contributed by atoms with van der Waals surface area (Å²) >= 11 is 0. The number of nitrogens with zero attached hydrogens (tertiary/aromatic N) is 2. The Bertz CT molecular complexity index is 179. The maximum atomic E-state index is 2.70. The summed E-state index contributed by atoms with van der Waals surface area (Å²) in [4.78, 5) is 5.16. The van der Waals surface area contributed by atoms with Crippen molar-refractivity contribution in [1.29, 1.82) is 0 Å². The zero-order chi connectivity index (χ0) is 10.7. The smallest absolute Gasteiger partial charge is 0.0119 e. The van der Waals surface area contributed by atoms with Crippen molar-refractivity contribution >= 4 is 0 Å². The van der Waals surface area contributed by atoms with Crippen LogP contribution in [0.3, 0.4) is 0 Å². The molecule has 1 saturated carbocycles. The van der Waals surface area contributed by atoms with Gasteiger partial charge in [0, 0.05) is 12.1 Å². The molecule has 1 aliphatic heterocycles. The molecule has 1 heterocycles. The quantitative estimate of drug-likeness (QED) is 0.690. The van der Waals surface area contributed by atoms with Crippen LogP contribution in [0.2, 0.25) is 0 Å². The van der Waals surface area contributed by atoms with Gasteiger partial charge >= 0.3 is 0 Å². The van der Waals surface area contributed by atoms with Crippen LogP contribution in [0.5, 0.6) is 0 Å². The summed E-state index contributed by atoms with van der Waals surface area (Å²) in [6.07, 6.45) is 10.0. The maximum absolute atomic E-state index is 2.70. The van der Waals surface area contributed by atoms with Crippen molar-refractivity contribution in [3.63, 3.8) is 0 Å². The van der Waals surface area contributed by atoms with Crippen molar-refractivity contribution in [2.45, 2.75) is 57.0 Å². The first-order chi connectivity index (χ1) is 7.27. The fraction of sp³-hybridized carbons (Fsp3) is 1.00. The Morgan fingerprint density at radius 3 is 2.00 bits per heavy atom. The number of likely N-dealkylation sites (tertiary alicyclic amines) is 1. The molecule has 0 N–H and O–H groups in total. The molecular formula is C13H26N2. The first kappa shape index (κ1) is 11.4. The Balaban J connectivity index is 1.81. The normalized spacial score (nSPS) is 27.4. The van der Waals surface area contributed by atoms with Gasteiger partial charge in [0.2, 0.25) is 0 Å². The van der Waals surface area contributed by atoms with Crippen molar-refractivity contribution in [2.24, 2.45) is 0 Å². The number of hydrogen-bond acceptors (Lipinski definition) is 2. The topological polar surface area (TPSA) is 6.48 Å². The molecule has 0 unspecified atom stereocenters. The van der Waals surface area contributed by atoms with Crippen LogP contribution in [-0.4, -0.2) is 49.1 Å². The van der Waals surface area contributed by atoms with Crippen molar-refractivity contribution in [3.8, 4) is 0 Å². The van der Waals surface area contributed by atoms with Gasteiger partial charge in [-0.15, -0.1) is 0 Å². The summed E-state index contributed by atoms with van der Waals surface area (Å²) in [5.41, 5.74) is 0. The second-order valence-electron chi connectivity index (χ2n) is 5.49. The van der Waals surface area contributed by atoms with Crippen LogP contribution >= 0.6 is 0 Å². The summed E-state index contributed by atoms with van der Waals surface area (Å²) < 4.78 is 0. The second kappa shape index (κ2) is 5.31. The van der Waals surface area contributed by atoms with Crippen LogP contribution in [0.25, 0.3) is 0 Å². The van der Waals surface area contributed by atoms with Gasteiger partial charge in [-0.05, 0) is 52.9 Å². The molecule has 0 spiro atoms. The molecule has 15 heavy (non-hydrogen) atoms. The molecule has 2 aliphatic rings. The van der Waals surface area contributed by atoms with E-state index in [0.717, 1.165) is 12.1 Å². The zero-order valence-corrected chi connectivity index (χ0v) is 10.4. The highest BCUT2D eigenvalue weighted by atomic mass is 15.2. The van der Waals surface area contributed by atoms with Gasteiger partial charge in [0.1, 0.15) is 0 Å². The highest BCUT2D eigenvalue weighted by Gasteiger charge is 2.26. The monoisotopic (exact) mass is 210 g/mol. The SMILES string of the molecule is CN1CCC(N(C)C2CCCCC2)CC1. The van der Waals surface area contributed by atoms with E-state index in [0.29, 0.717) is 0 Å². The van der Waals surface area contributed by atoms with E-state index in [1.165, 1.54) is 58.0 Å². The average Bonchev–Trinajstić information content (AvgIpc) is 2.30. The van der Waals surface area contributed by atoms with Crippen molar-refractivity contribution in [1.82, 2.24) is 9.80 Å². The van der Waals surface area contributed by atoms with Gasteiger partial charge in [-0.1, -0.05) is 19.3 Å². The van der Waals surface area contributed by atoms with E-state index in [9.17, 15) is 0 Å². The molecule has 0 amide bonds. The van der Waals surface area contributed by atoms with Crippen molar-refractivity contribution < 1.29 is 0 Å². The van der Waals surface area contributed by atoms with Crippen LogP contribution in [-0.2, 0) is 0 Å². The minimum Gasteiger partial charge on any atom is -0.306 e. The third kappa shape index (κ3) is 2.94. The van der Waals surface area contributed by atoms with Crippen molar-refractivity contribution in [3.05, 3.63) is 0 Å². The highest BCUT2D eigenvalue weighted by molar-refractivity contribution is 4.82. The van der Waals surface area contributed by atoms with Crippen molar-refractivity contribution in [2.75, 3.05) is 27.2 Å². The standard InChI is InChI=1S/C13H26N2/c1-14-10-8-13(9-11-14)15(2)12-6-4-3-5-7-12/h12-13H,3-11H2,1-2H3. The second-order valence-corrected chi connectivity index (χ2v) is 5.49. The fourth-order valence-corrected chi connectivity index (χ4v) is 3.19. The molecule has 0 radical (unpaired) electrons. The third-order valence-electron chi connectivity index (χ3n) is 4.41. The van der Waals surface area contributed by atoms with Gasteiger partial charge in [0.25, 0.3) is 0 Å². The van der Waals surface area contributed by atoms with E-state index >= 15 is 0 Å². The zero-order valence-electron chi connectivity index (χ0n) is 10.4. The Kier molecular flexibility index (Phi) is 4.04. The van der Waals surface area contributed by atoms with Gasteiger partial charge in [-0.2, -0.15) is 0 Å². The molecular weight excluding hydrogens is 184 g/mol. The molecule has 1 saturated heterocycles. The lowest BCUT2D eigenvalue weighted by molar-refractivity contribution is 0.0884. The lowest BCUT2D eigenvalue weighted by Crippen LogP contribution is -2.46. The Labute approximate surface area is 94.6 Å². The molecule has 2 fully saturated rings. The fourth-order valence-electron chi connectivity index (χ4n) is 3.19. The molecule has 0 aromatic rings. The van der Waals surface area contributed by atoms with Gasteiger partial charge in [-0.25, -0.2) is 0 Å². The Morgan fingerprint density at radius 2 is 1.40 bits per heavy atom. The maximum Gasteiger partial charge on any atom is 0.0119 e.